The first kappa shape index (κ1) is 32.8. The van der Waals surface area contributed by atoms with Crippen molar-refractivity contribution in [1.82, 2.24) is 9.88 Å². The van der Waals surface area contributed by atoms with Crippen LogP contribution in [0.15, 0.2) is 85.0 Å². The number of ether oxygens (including phenoxy) is 1. The van der Waals surface area contributed by atoms with Gasteiger partial charge >= 0.3 is 0 Å². The Morgan fingerprint density at radius 2 is 1.76 bits per heavy atom. The Hall–Kier alpha value is -3.22. The average Bonchev–Trinajstić information content (AvgIpc) is 3.36. The van der Waals surface area contributed by atoms with Crippen LogP contribution in [0.25, 0.3) is 16.8 Å². The molecule has 0 fully saturated rings. The van der Waals surface area contributed by atoms with Crippen LogP contribution in [0.1, 0.15) is 45.7 Å². The Balaban J connectivity index is 0.000000695. The molecule has 0 bridgehead atoms. The van der Waals surface area contributed by atoms with Gasteiger partial charge in [-0.25, -0.2) is 0 Å². The minimum atomic E-state index is 0.750. The molecule has 0 radical (unpaired) electrons. The van der Waals surface area contributed by atoms with E-state index in [4.69, 9.17) is 10.1 Å². The van der Waals surface area contributed by atoms with Crippen molar-refractivity contribution in [3.05, 3.63) is 90.7 Å². The van der Waals surface area contributed by atoms with E-state index in [1.807, 2.05) is 62.1 Å². The lowest BCUT2D eigenvalue weighted by atomic mass is 10.1. The van der Waals surface area contributed by atoms with Gasteiger partial charge in [-0.1, -0.05) is 55.5 Å². The number of para-hydroxylation sites is 1. The van der Waals surface area contributed by atoms with Crippen LogP contribution in [-0.4, -0.2) is 36.5 Å². The fourth-order valence-corrected chi connectivity index (χ4v) is 4.21. The molecular weight excluding hydrogens is 488 g/mol. The molecule has 6 heteroatoms. The minimum absolute atomic E-state index is 0.750. The Labute approximate surface area is 234 Å². The van der Waals surface area contributed by atoms with Gasteiger partial charge in [-0.15, -0.1) is 0 Å². The summed E-state index contributed by atoms with van der Waals surface area (Å²) in [6.07, 6.45) is 12.7. The van der Waals surface area contributed by atoms with Crippen LogP contribution in [0.2, 0.25) is 0 Å². The molecular formula is C32H46N4OS. The van der Waals surface area contributed by atoms with Gasteiger partial charge in [0, 0.05) is 29.2 Å². The molecule has 2 aromatic carbocycles. The molecule has 0 unspecified atom stereocenters. The SMILES string of the molecule is C/C=C\CSC.CC/C=C(\C)c1ccc(-c2cccc(Oc3ccccc3)c2)n1CCCCNC.N=CN. The van der Waals surface area contributed by atoms with Gasteiger partial charge in [-0.2, -0.15) is 11.8 Å². The van der Waals surface area contributed by atoms with Crippen molar-refractivity contribution in [2.45, 2.75) is 46.6 Å². The number of rotatable bonds is 12. The summed E-state index contributed by atoms with van der Waals surface area (Å²) >= 11 is 1.84. The van der Waals surface area contributed by atoms with Crippen molar-refractivity contribution in [1.29, 1.82) is 5.41 Å². The molecule has 1 aromatic heterocycles. The molecule has 206 valence electrons. The third kappa shape index (κ3) is 12.3. The van der Waals surface area contributed by atoms with E-state index < -0.39 is 0 Å². The third-order valence-corrected chi connectivity index (χ3v) is 6.09. The van der Waals surface area contributed by atoms with Crippen molar-refractivity contribution in [2.24, 2.45) is 5.73 Å². The van der Waals surface area contributed by atoms with Gasteiger partial charge in [0.05, 0.1) is 6.34 Å². The first-order valence-corrected chi connectivity index (χ1v) is 14.6. The zero-order valence-electron chi connectivity index (χ0n) is 23.7. The number of hydrogen-bond acceptors (Lipinski definition) is 4. The maximum Gasteiger partial charge on any atom is 0.128 e. The van der Waals surface area contributed by atoms with E-state index in [9.17, 15) is 0 Å². The van der Waals surface area contributed by atoms with Crippen LogP contribution in [0.4, 0.5) is 0 Å². The quantitative estimate of drug-likeness (QED) is 0.0946. The second kappa shape index (κ2) is 20.8. The van der Waals surface area contributed by atoms with Crippen molar-refractivity contribution in [3.63, 3.8) is 0 Å². The summed E-state index contributed by atoms with van der Waals surface area (Å²) < 4.78 is 8.51. The summed E-state index contributed by atoms with van der Waals surface area (Å²) in [6.45, 7) is 8.50. The van der Waals surface area contributed by atoms with Gasteiger partial charge in [-0.3, -0.25) is 5.41 Å². The van der Waals surface area contributed by atoms with E-state index >= 15 is 0 Å². The van der Waals surface area contributed by atoms with Crippen LogP contribution in [0.5, 0.6) is 11.5 Å². The predicted octanol–water partition coefficient (Wildman–Crippen LogP) is 8.24. The van der Waals surface area contributed by atoms with E-state index in [0.717, 1.165) is 49.5 Å². The second-order valence-corrected chi connectivity index (χ2v) is 9.41. The fourth-order valence-electron chi connectivity index (χ4n) is 3.82. The van der Waals surface area contributed by atoms with Crippen LogP contribution in [0, 0.1) is 5.41 Å². The number of allylic oxidation sites excluding steroid dienone is 3. The lowest BCUT2D eigenvalue weighted by molar-refractivity contribution is 0.483. The van der Waals surface area contributed by atoms with Gasteiger partial charge in [0.1, 0.15) is 11.5 Å². The Kier molecular flexibility index (Phi) is 18.0. The van der Waals surface area contributed by atoms with E-state index in [2.05, 4.69) is 84.3 Å². The molecule has 0 saturated carbocycles. The lowest BCUT2D eigenvalue weighted by Gasteiger charge is -2.15. The molecule has 4 N–H and O–H groups in total. The topological polar surface area (TPSA) is 76.1 Å². The van der Waals surface area contributed by atoms with Crippen LogP contribution in [0.3, 0.4) is 0 Å². The average molecular weight is 535 g/mol. The van der Waals surface area contributed by atoms with E-state index in [-0.39, 0.29) is 0 Å². The molecule has 1 heterocycles. The first-order chi connectivity index (χ1) is 18.6. The molecule has 0 aliphatic heterocycles. The van der Waals surface area contributed by atoms with Gasteiger partial charge in [-0.05, 0) is 94.9 Å². The molecule has 38 heavy (non-hydrogen) atoms. The largest absolute Gasteiger partial charge is 0.457 e. The molecule has 0 aliphatic rings. The zero-order chi connectivity index (χ0) is 28.0. The third-order valence-electron chi connectivity index (χ3n) is 5.56. The van der Waals surface area contributed by atoms with Crippen molar-refractivity contribution in [2.75, 3.05) is 25.6 Å². The molecule has 0 spiro atoms. The summed E-state index contributed by atoms with van der Waals surface area (Å²) in [6, 6.07) is 22.8. The number of unbranched alkanes of at least 4 members (excludes halogenated alkanes) is 1. The Morgan fingerprint density at radius 3 is 2.37 bits per heavy atom. The highest BCUT2D eigenvalue weighted by molar-refractivity contribution is 7.98. The van der Waals surface area contributed by atoms with Gasteiger partial charge < -0.3 is 20.4 Å². The first-order valence-electron chi connectivity index (χ1n) is 13.2. The summed E-state index contributed by atoms with van der Waals surface area (Å²) in [5.41, 5.74) is 9.46. The molecule has 0 saturated heterocycles. The van der Waals surface area contributed by atoms with Gasteiger partial charge in [0.25, 0.3) is 0 Å². The zero-order valence-corrected chi connectivity index (χ0v) is 24.6. The Morgan fingerprint density at radius 1 is 1.05 bits per heavy atom. The number of thioether (sulfide) groups is 1. The molecule has 0 aliphatic carbocycles. The second-order valence-electron chi connectivity index (χ2n) is 8.50. The molecule has 5 nitrogen and oxygen atoms in total. The number of hydrogen-bond donors (Lipinski definition) is 3. The Bertz CT molecular complexity index is 1090. The molecule has 3 aromatic rings. The smallest absolute Gasteiger partial charge is 0.128 e. The van der Waals surface area contributed by atoms with E-state index in [0.29, 0.717) is 0 Å². The van der Waals surface area contributed by atoms with E-state index in [1.165, 1.54) is 28.9 Å². The van der Waals surface area contributed by atoms with Crippen LogP contribution < -0.4 is 15.8 Å². The number of benzene rings is 2. The molecule has 0 amide bonds. The monoisotopic (exact) mass is 534 g/mol. The number of nitrogens with two attached hydrogens (primary N) is 1. The predicted molar refractivity (Wildman–Crippen MR) is 170 cm³/mol. The standard InChI is InChI=1S/C26H32N2O.C5H10S.CH4N2/c1-4-11-21(2)25-16-17-26(28(25)19-9-8-18-27-3)22-12-10-15-24(20-22)29-23-13-6-5-7-14-23;1-3-4-5-6-2;2-1-3/h5-7,10-17,20,27H,4,8-9,18-19H2,1-3H3;3-4H,5H2,1-2H3;1H,(H3,2,3)/b21-11+;4-3-;. The summed E-state index contributed by atoms with van der Waals surface area (Å²) in [7, 11) is 2.01. The highest BCUT2D eigenvalue weighted by atomic mass is 32.2. The van der Waals surface area contributed by atoms with Crippen molar-refractivity contribution >= 4 is 23.7 Å². The molecule has 3 rings (SSSR count). The number of nitrogens with one attached hydrogen (secondary N) is 2. The fraction of sp³-hybridized carbons (Fsp3) is 0.344. The summed E-state index contributed by atoms with van der Waals surface area (Å²) in [5, 5.41) is 9.11. The summed E-state index contributed by atoms with van der Waals surface area (Å²) in [4.78, 5) is 0. The molecule has 0 atom stereocenters. The minimum Gasteiger partial charge on any atom is -0.457 e. The lowest BCUT2D eigenvalue weighted by Crippen LogP contribution is -2.10. The highest BCUT2D eigenvalue weighted by Gasteiger charge is 2.12. The van der Waals surface area contributed by atoms with Crippen LogP contribution >= 0.6 is 11.8 Å². The van der Waals surface area contributed by atoms with Crippen molar-refractivity contribution in [3.8, 4) is 22.8 Å². The van der Waals surface area contributed by atoms with Crippen LogP contribution in [-0.2, 0) is 6.54 Å². The normalized spacial score (nSPS) is 10.8. The maximum absolute atomic E-state index is 6.06. The van der Waals surface area contributed by atoms with Gasteiger partial charge in [0.2, 0.25) is 0 Å². The maximum atomic E-state index is 6.06. The number of aromatic nitrogens is 1. The number of nitrogens with zero attached hydrogens (tertiary/aromatic N) is 1. The highest BCUT2D eigenvalue weighted by Crippen LogP contribution is 2.31. The van der Waals surface area contributed by atoms with Gasteiger partial charge in [0.15, 0.2) is 0 Å². The van der Waals surface area contributed by atoms with Crippen molar-refractivity contribution < 1.29 is 4.74 Å². The summed E-state index contributed by atoms with van der Waals surface area (Å²) in [5.74, 6) is 2.87. The van der Waals surface area contributed by atoms with E-state index in [1.54, 1.807) is 0 Å².